The van der Waals surface area contributed by atoms with Crippen LogP contribution in [0.2, 0.25) is 5.02 Å². The quantitative estimate of drug-likeness (QED) is 0.501. The van der Waals surface area contributed by atoms with E-state index in [-0.39, 0.29) is 5.56 Å². The number of ether oxygens (including phenoxy) is 2. The first-order valence-electron chi connectivity index (χ1n) is 9.39. The normalized spacial score (nSPS) is 11.8. The Morgan fingerprint density at radius 3 is 2.45 bits per heavy atom. The Balaban J connectivity index is 2.24. The molecular weight excluding hydrogens is 398 g/mol. The molecule has 1 aromatic heterocycles. The largest absolute Gasteiger partial charge is 0.477 e. The summed E-state index contributed by atoms with van der Waals surface area (Å²) >= 11 is 6.41. The molecule has 0 bridgehead atoms. The number of carboxylic acids is 1. The summed E-state index contributed by atoms with van der Waals surface area (Å²) in [5, 5.41) is 13.3. The van der Waals surface area contributed by atoms with Crippen LogP contribution in [-0.4, -0.2) is 55.2 Å². The molecule has 4 N–H and O–H groups in total. The molecule has 0 saturated heterocycles. The van der Waals surface area contributed by atoms with Crippen LogP contribution >= 0.6 is 11.6 Å². The van der Waals surface area contributed by atoms with Crippen molar-refractivity contribution in [1.29, 1.82) is 0 Å². The van der Waals surface area contributed by atoms with E-state index >= 15 is 0 Å². The van der Waals surface area contributed by atoms with Crippen LogP contribution in [0.1, 0.15) is 31.1 Å². The smallest absolute Gasteiger partial charge is 0.341 e. The van der Waals surface area contributed by atoms with Crippen LogP contribution in [0, 0.1) is 0 Å². The highest BCUT2D eigenvalue weighted by Crippen LogP contribution is 2.29. The number of benzene rings is 1. The first-order chi connectivity index (χ1) is 13.7. The summed E-state index contributed by atoms with van der Waals surface area (Å²) in [7, 11) is 0. The Hall–Kier alpha value is -2.13. The number of hydrogen-bond donors (Lipinski definition) is 3. The molecule has 1 aromatic carbocycles. The van der Waals surface area contributed by atoms with Gasteiger partial charge in [-0.2, -0.15) is 0 Å². The summed E-state index contributed by atoms with van der Waals surface area (Å²) in [6.07, 6.45) is 1.37. The van der Waals surface area contributed by atoms with Gasteiger partial charge < -0.3 is 30.2 Å². The van der Waals surface area contributed by atoms with Crippen molar-refractivity contribution >= 4 is 34.2 Å². The van der Waals surface area contributed by atoms with E-state index in [2.05, 4.69) is 5.32 Å². The summed E-state index contributed by atoms with van der Waals surface area (Å²) in [5.41, 5.74) is 5.20. The van der Waals surface area contributed by atoms with E-state index in [0.717, 1.165) is 0 Å². The SMILES string of the molecule is CC(C)(C)n1cc(C(=O)O)c(=O)c2cc(NCCOCCOCCN)c(Cl)cc21. The van der Waals surface area contributed by atoms with Crippen molar-refractivity contribution in [3.63, 3.8) is 0 Å². The Bertz CT molecular complexity index is 921. The van der Waals surface area contributed by atoms with Gasteiger partial charge in [0.15, 0.2) is 0 Å². The lowest BCUT2D eigenvalue weighted by Crippen LogP contribution is -2.27. The fraction of sp³-hybridized carbons (Fsp3) is 0.500. The van der Waals surface area contributed by atoms with Gasteiger partial charge in [0, 0.05) is 30.2 Å². The molecule has 0 aliphatic heterocycles. The molecule has 0 unspecified atom stereocenters. The molecule has 1 heterocycles. The summed E-state index contributed by atoms with van der Waals surface area (Å²) in [5.74, 6) is -1.26. The second kappa shape index (κ2) is 10.1. The van der Waals surface area contributed by atoms with E-state index < -0.39 is 16.9 Å². The van der Waals surface area contributed by atoms with Crippen LogP contribution in [0.5, 0.6) is 0 Å². The van der Waals surface area contributed by atoms with Crippen molar-refractivity contribution < 1.29 is 19.4 Å². The fourth-order valence-electron chi connectivity index (χ4n) is 2.85. The van der Waals surface area contributed by atoms with E-state index in [0.29, 0.717) is 61.1 Å². The third kappa shape index (κ3) is 5.93. The number of nitrogens with two attached hydrogens (primary N) is 1. The zero-order chi connectivity index (χ0) is 21.6. The minimum atomic E-state index is -1.26. The first kappa shape index (κ1) is 23.2. The second-order valence-electron chi connectivity index (χ2n) is 7.51. The van der Waals surface area contributed by atoms with E-state index in [1.54, 1.807) is 16.7 Å². The van der Waals surface area contributed by atoms with E-state index in [1.807, 2.05) is 20.8 Å². The summed E-state index contributed by atoms with van der Waals surface area (Å²) in [6.45, 7) is 8.56. The van der Waals surface area contributed by atoms with E-state index in [4.69, 9.17) is 26.8 Å². The predicted octanol–water partition coefficient (Wildman–Crippen LogP) is 2.51. The maximum Gasteiger partial charge on any atom is 0.341 e. The van der Waals surface area contributed by atoms with Crippen molar-refractivity contribution in [1.82, 2.24) is 4.57 Å². The van der Waals surface area contributed by atoms with Gasteiger partial charge in [0.25, 0.3) is 0 Å². The molecule has 0 saturated carbocycles. The average molecular weight is 426 g/mol. The van der Waals surface area contributed by atoms with Gasteiger partial charge in [-0.3, -0.25) is 4.79 Å². The van der Waals surface area contributed by atoms with Crippen LogP contribution in [0.3, 0.4) is 0 Å². The number of fused-ring (bicyclic) bond motifs is 1. The maximum absolute atomic E-state index is 12.7. The number of carbonyl (C=O) groups is 1. The Morgan fingerprint density at radius 1 is 1.21 bits per heavy atom. The minimum absolute atomic E-state index is 0.276. The lowest BCUT2D eigenvalue weighted by Gasteiger charge is -2.26. The third-order valence-corrected chi connectivity index (χ3v) is 4.55. The van der Waals surface area contributed by atoms with Gasteiger partial charge in [0.1, 0.15) is 5.56 Å². The topological polar surface area (TPSA) is 116 Å². The molecule has 0 spiro atoms. The zero-order valence-corrected chi connectivity index (χ0v) is 17.7. The molecule has 2 rings (SSSR count). The van der Waals surface area contributed by atoms with Crippen LogP contribution in [0.15, 0.2) is 23.1 Å². The highest BCUT2D eigenvalue weighted by atomic mass is 35.5. The molecule has 0 amide bonds. The van der Waals surface area contributed by atoms with Crippen molar-refractivity contribution in [2.24, 2.45) is 5.73 Å². The second-order valence-corrected chi connectivity index (χ2v) is 7.91. The predicted molar refractivity (Wildman–Crippen MR) is 114 cm³/mol. The molecule has 0 fully saturated rings. The lowest BCUT2D eigenvalue weighted by atomic mass is 10.0. The average Bonchev–Trinajstić information content (AvgIpc) is 2.63. The van der Waals surface area contributed by atoms with Crippen molar-refractivity contribution in [2.75, 3.05) is 44.8 Å². The molecule has 2 aromatic rings. The number of halogens is 1. The van der Waals surface area contributed by atoms with Gasteiger partial charge in [-0.1, -0.05) is 11.6 Å². The highest BCUT2D eigenvalue weighted by Gasteiger charge is 2.22. The molecule has 29 heavy (non-hydrogen) atoms. The van der Waals surface area contributed by atoms with Crippen LogP contribution in [0.4, 0.5) is 5.69 Å². The van der Waals surface area contributed by atoms with Gasteiger partial charge in [0.05, 0.1) is 42.7 Å². The van der Waals surface area contributed by atoms with Crippen LogP contribution in [-0.2, 0) is 15.0 Å². The number of hydrogen-bond acceptors (Lipinski definition) is 6. The number of pyridine rings is 1. The number of carboxylic acid groups (broad SMARTS) is 1. The summed E-state index contributed by atoms with van der Waals surface area (Å²) in [6, 6.07) is 3.28. The molecule has 0 aliphatic carbocycles. The van der Waals surface area contributed by atoms with Crippen molar-refractivity contribution in [3.8, 4) is 0 Å². The molecule has 0 radical (unpaired) electrons. The number of rotatable bonds is 10. The van der Waals surface area contributed by atoms with Crippen molar-refractivity contribution in [2.45, 2.75) is 26.3 Å². The number of nitrogens with zero attached hydrogens (tertiary/aromatic N) is 1. The van der Waals surface area contributed by atoms with E-state index in [9.17, 15) is 14.7 Å². The summed E-state index contributed by atoms with van der Waals surface area (Å²) < 4.78 is 12.4. The molecule has 9 heteroatoms. The minimum Gasteiger partial charge on any atom is -0.477 e. The van der Waals surface area contributed by atoms with Gasteiger partial charge in [-0.05, 0) is 32.9 Å². The third-order valence-electron chi connectivity index (χ3n) is 4.24. The highest BCUT2D eigenvalue weighted by molar-refractivity contribution is 6.34. The maximum atomic E-state index is 12.7. The Kier molecular flexibility index (Phi) is 8.04. The Labute approximate surface area is 174 Å². The fourth-order valence-corrected chi connectivity index (χ4v) is 3.08. The molecule has 0 atom stereocenters. The number of aromatic nitrogens is 1. The zero-order valence-electron chi connectivity index (χ0n) is 17.0. The van der Waals surface area contributed by atoms with Crippen LogP contribution < -0.4 is 16.5 Å². The van der Waals surface area contributed by atoms with Gasteiger partial charge in [-0.25, -0.2) is 4.79 Å². The lowest BCUT2D eigenvalue weighted by molar-refractivity contribution is 0.0548. The van der Waals surface area contributed by atoms with Gasteiger partial charge in [-0.15, -0.1) is 0 Å². The van der Waals surface area contributed by atoms with Crippen molar-refractivity contribution in [3.05, 3.63) is 39.1 Å². The number of aromatic carboxylic acids is 1. The van der Waals surface area contributed by atoms with Gasteiger partial charge in [0.2, 0.25) is 5.43 Å². The molecular formula is C20H28ClN3O5. The van der Waals surface area contributed by atoms with Gasteiger partial charge >= 0.3 is 5.97 Å². The summed E-state index contributed by atoms with van der Waals surface area (Å²) in [4.78, 5) is 24.2. The monoisotopic (exact) mass is 425 g/mol. The standard InChI is InChI=1S/C20H28ClN3O5/c1-20(2,3)24-12-14(19(26)27)18(25)13-10-16(15(21)11-17(13)24)23-5-7-29-9-8-28-6-4-22/h10-12,23H,4-9,22H2,1-3H3,(H,26,27). The van der Waals surface area contributed by atoms with E-state index in [1.165, 1.54) is 6.20 Å². The first-order valence-corrected chi connectivity index (χ1v) is 9.76. The molecule has 0 aliphatic rings. The molecule has 160 valence electrons. The Morgan fingerprint density at radius 2 is 1.86 bits per heavy atom. The van der Waals surface area contributed by atoms with Crippen LogP contribution in [0.25, 0.3) is 10.9 Å². The number of anilines is 1. The molecule has 8 nitrogen and oxygen atoms in total. The number of nitrogens with one attached hydrogen (secondary N) is 1.